The van der Waals surface area contributed by atoms with E-state index in [1.54, 1.807) is 0 Å². The minimum Gasteiger partial charge on any atom is -0.372 e. The first-order valence-corrected chi connectivity index (χ1v) is 7.62. The van der Waals surface area contributed by atoms with Gasteiger partial charge in [0.1, 0.15) is 0 Å². The molecule has 0 radical (unpaired) electrons. The molecule has 0 bridgehead atoms. The SMILES string of the molecule is CCN(CC)c1ccc(NC(=O)Nc2ccccc2C)cc1. The maximum atomic E-state index is 12.0. The molecule has 0 fully saturated rings. The normalized spacial score (nSPS) is 10.1. The highest BCUT2D eigenvalue weighted by molar-refractivity contribution is 6.00. The van der Waals surface area contributed by atoms with Crippen molar-refractivity contribution in [1.82, 2.24) is 0 Å². The molecule has 0 unspecified atom stereocenters. The van der Waals surface area contributed by atoms with Crippen molar-refractivity contribution in [3.8, 4) is 0 Å². The van der Waals surface area contributed by atoms with Crippen LogP contribution < -0.4 is 15.5 Å². The number of para-hydroxylation sites is 1. The number of anilines is 3. The number of benzene rings is 2. The molecule has 0 aliphatic heterocycles. The Labute approximate surface area is 132 Å². The van der Waals surface area contributed by atoms with E-state index in [1.165, 1.54) is 0 Å². The molecule has 116 valence electrons. The fourth-order valence-electron chi connectivity index (χ4n) is 2.34. The highest BCUT2D eigenvalue weighted by Crippen LogP contribution is 2.18. The minimum absolute atomic E-state index is 0.232. The summed E-state index contributed by atoms with van der Waals surface area (Å²) in [6.07, 6.45) is 0. The number of hydrogen-bond acceptors (Lipinski definition) is 2. The van der Waals surface area contributed by atoms with E-state index in [1.807, 2.05) is 55.5 Å². The molecular weight excluding hydrogens is 274 g/mol. The third kappa shape index (κ3) is 4.01. The van der Waals surface area contributed by atoms with Crippen molar-refractivity contribution in [2.24, 2.45) is 0 Å². The third-order valence-electron chi connectivity index (χ3n) is 3.65. The van der Waals surface area contributed by atoms with Crippen LogP contribution in [-0.2, 0) is 0 Å². The second-order valence-electron chi connectivity index (χ2n) is 5.11. The molecule has 4 heteroatoms. The fraction of sp³-hybridized carbons (Fsp3) is 0.278. The molecule has 0 saturated carbocycles. The number of hydrogen-bond donors (Lipinski definition) is 2. The largest absolute Gasteiger partial charge is 0.372 e. The number of nitrogens with one attached hydrogen (secondary N) is 2. The van der Waals surface area contributed by atoms with Crippen LogP contribution in [0.25, 0.3) is 0 Å². The quantitative estimate of drug-likeness (QED) is 0.854. The second kappa shape index (κ2) is 7.50. The molecule has 0 spiro atoms. The van der Waals surface area contributed by atoms with Crippen LogP contribution in [0.3, 0.4) is 0 Å². The van der Waals surface area contributed by atoms with Crippen molar-refractivity contribution in [3.63, 3.8) is 0 Å². The van der Waals surface area contributed by atoms with Gasteiger partial charge in [-0.05, 0) is 56.7 Å². The first kappa shape index (κ1) is 15.9. The average molecular weight is 297 g/mol. The van der Waals surface area contributed by atoms with Gasteiger partial charge in [0.15, 0.2) is 0 Å². The molecule has 0 aliphatic carbocycles. The molecule has 2 amide bonds. The second-order valence-corrected chi connectivity index (χ2v) is 5.11. The van der Waals surface area contributed by atoms with Crippen molar-refractivity contribution in [3.05, 3.63) is 54.1 Å². The molecule has 2 N–H and O–H groups in total. The third-order valence-corrected chi connectivity index (χ3v) is 3.65. The molecule has 2 rings (SSSR count). The molecule has 0 saturated heterocycles. The summed E-state index contributed by atoms with van der Waals surface area (Å²) < 4.78 is 0. The van der Waals surface area contributed by atoms with Gasteiger partial charge in [0.25, 0.3) is 0 Å². The zero-order valence-electron chi connectivity index (χ0n) is 13.4. The maximum absolute atomic E-state index is 12.0. The van der Waals surface area contributed by atoms with Gasteiger partial charge < -0.3 is 15.5 Å². The van der Waals surface area contributed by atoms with Crippen LogP contribution in [0.2, 0.25) is 0 Å². The predicted octanol–water partition coefficient (Wildman–Crippen LogP) is 4.49. The molecule has 2 aromatic carbocycles. The lowest BCUT2D eigenvalue weighted by Crippen LogP contribution is -2.22. The standard InChI is InChI=1S/C18H23N3O/c1-4-21(5-2)16-12-10-15(11-13-16)19-18(22)20-17-9-7-6-8-14(17)3/h6-13H,4-5H2,1-3H3,(H2,19,20,22). The van der Waals surface area contributed by atoms with E-state index in [0.29, 0.717) is 0 Å². The highest BCUT2D eigenvalue weighted by atomic mass is 16.2. The summed E-state index contributed by atoms with van der Waals surface area (Å²) in [6.45, 7) is 8.17. The first-order valence-electron chi connectivity index (χ1n) is 7.62. The van der Waals surface area contributed by atoms with Crippen molar-refractivity contribution < 1.29 is 4.79 Å². The van der Waals surface area contributed by atoms with Gasteiger partial charge in [0.05, 0.1) is 0 Å². The van der Waals surface area contributed by atoms with Gasteiger partial charge >= 0.3 is 6.03 Å². The zero-order chi connectivity index (χ0) is 15.9. The highest BCUT2D eigenvalue weighted by Gasteiger charge is 2.05. The van der Waals surface area contributed by atoms with Crippen LogP contribution >= 0.6 is 0 Å². The summed E-state index contributed by atoms with van der Waals surface area (Å²) >= 11 is 0. The molecule has 4 nitrogen and oxygen atoms in total. The van der Waals surface area contributed by atoms with Gasteiger partial charge in [-0.15, -0.1) is 0 Å². The number of aryl methyl sites for hydroxylation is 1. The summed E-state index contributed by atoms with van der Waals surface area (Å²) in [5.41, 5.74) is 3.80. The number of carbonyl (C=O) groups excluding carboxylic acids is 1. The van der Waals surface area contributed by atoms with E-state index in [0.717, 1.165) is 35.7 Å². The minimum atomic E-state index is -0.232. The summed E-state index contributed by atoms with van der Waals surface area (Å²) in [5.74, 6) is 0. The Bertz CT molecular complexity index is 618. The predicted molar refractivity (Wildman–Crippen MR) is 93.8 cm³/mol. The zero-order valence-corrected chi connectivity index (χ0v) is 13.4. The Balaban J connectivity index is 1.99. The lowest BCUT2D eigenvalue weighted by molar-refractivity contribution is 0.262. The molecule has 2 aromatic rings. The van der Waals surface area contributed by atoms with Crippen LogP contribution in [0.1, 0.15) is 19.4 Å². The molecule has 0 heterocycles. The van der Waals surface area contributed by atoms with Crippen LogP contribution in [0, 0.1) is 6.92 Å². The number of rotatable bonds is 5. The maximum Gasteiger partial charge on any atom is 0.323 e. The fourth-order valence-corrected chi connectivity index (χ4v) is 2.34. The Hall–Kier alpha value is -2.49. The monoisotopic (exact) mass is 297 g/mol. The van der Waals surface area contributed by atoms with E-state index in [-0.39, 0.29) is 6.03 Å². The molecule has 22 heavy (non-hydrogen) atoms. The number of amides is 2. The number of carbonyl (C=O) groups is 1. The van der Waals surface area contributed by atoms with E-state index in [9.17, 15) is 4.79 Å². The van der Waals surface area contributed by atoms with E-state index < -0.39 is 0 Å². The van der Waals surface area contributed by atoms with E-state index >= 15 is 0 Å². The summed E-state index contributed by atoms with van der Waals surface area (Å²) in [6, 6.07) is 15.4. The Morgan fingerprint density at radius 2 is 1.59 bits per heavy atom. The van der Waals surface area contributed by atoms with Crippen LogP contribution in [0.4, 0.5) is 21.9 Å². The van der Waals surface area contributed by atoms with Gasteiger partial charge in [-0.25, -0.2) is 4.79 Å². The summed E-state index contributed by atoms with van der Waals surface area (Å²) in [7, 11) is 0. The smallest absolute Gasteiger partial charge is 0.323 e. The van der Waals surface area contributed by atoms with Crippen LogP contribution in [0.15, 0.2) is 48.5 Å². The van der Waals surface area contributed by atoms with Gasteiger partial charge in [0, 0.05) is 30.2 Å². The summed E-state index contributed by atoms with van der Waals surface area (Å²) in [5, 5.41) is 5.71. The Morgan fingerprint density at radius 1 is 0.955 bits per heavy atom. The van der Waals surface area contributed by atoms with Gasteiger partial charge in [-0.3, -0.25) is 0 Å². The first-order chi connectivity index (χ1) is 10.6. The van der Waals surface area contributed by atoms with Crippen molar-refractivity contribution in [2.75, 3.05) is 28.6 Å². The molecule has 0 aliphatic rings. The lowest BCUT2D eigenvalue weighted by Gasteiger charge is -2.21. The van der Waals surface area contributed by atoms with Gasteiger partial charge in [0.2, 0.25) is 0 Å². The molecule has 0 atom stereocenters. The van der Waals surface area contributed by atoms with E-state index in [2.05, 4.69) is 29.4 Å². The Morgan fingerprint density at radius 3 is 2.18 bits per heavy atom. The van der Waals surface area contributed by atoms with Crippen LogP contribution in [0.5, 0.6) is 0 Å². The molecular formula is C18H23N3O. The lowest BCUT2D eigenvalue weighted by atomic mass is 10.2. The van der Waals surface area contributed by atoms with Gasteiger partial charge in [-0.1, -0.05) is 18.2 Å². The van der Waals surface area contributed by atoms with Crippen LogP contribution in [-0.4, -0.2) is 19.1 Å². The van der Waals surface area contributed by atoms with Crippen molar-refractivity contribution >= 4 is 23.1 Å². The number of nitrogens with zero attached hydrogens (tertiary/aromatic N) is 1. The molecule has 0 aromatic heterocycles. The topological polar surface area (TPSA) is 44.4 Å². The summed E-state index contributed by atoms with van der Waals surface area (Å²) in [4.78, 5) is 14.3. The van der Waals surface area contributed by atoms with Gasteiger partial charge in [-0.2, -0.15) is 0 Å². The van der Waals surface area contributed by atoms with Crippen molar-refractivity contribution in [2.45, 2.75) is 20.8 Å². The van der Waals surface area contributed by atoms with E-state index in [4.69, 9.17) is 0 Å². The van der Waals surface area contributed by atoms with Crippen molar-refractivity contribution in [1.29, 1.82) is 0 Å². The average Bonchev–Trinajstić information content (AvgIpc) is 2.52. The number of urea groups is 1. The Kier molecular flexibility index (Phi) is 5.42.